The fourth-order valence-electron chi connectivity index (χ4n) is 0.895. The summed E-state index contributed by atoms with van der Waals surface area (Å²) in [7, 11) is 1.39. The van der Waals surface area contributed by atoms with Crippen LogP contribution in [0.25, 0.3) is 0 Å². The number of esters is 1. The Morgan fingerprint density at radius 2 is 2.47 bits per heavy atom. The second kappa shape index (κ2) is 6.63. The first-order chi connectivity index (χ1) is 7.24. The van der Waals surface area contributed by atoms with Crippen LogP contribution in [0.15, 0.2) is 17.6 Å². The highest BCUT2D eigenvalue weighted by Gasteiger charge is 2.03. The number of rotatable bonds is 5. The summed E-state index contributed by atoms with van der Waals surface area (Å²) in [6, 6.07) is 0. The van der Waals surface area contributed by atoms with E-state index in [4.69, 9.17) is 11.6 Å². The minimum Gasteiger partial charge on any atom is -0.469 e. The van der Waals surface area contributed by atoms with E-state index < -0.39 is 0 Å². The van der Waals surface area contributed by atoms with E-state index in [2.05, 4.69) is 14.7 Å². The monoisotopic (exact) mass is 246 g/mol. The molecule has 0 aliphatic heterocycles. The van der Waals surface area contributed by atoms with Gasteiger partial charge in [-0.15, -0.1) is 11.8 Å². The van der Waals surface area contributed by atoms with Crippen LogP contribution < -0.4 is 0 Å². The van der Waals surface area contributed by atoms with E-state index >= 15 is 0 Å². The first-order valence-corrected chi connectivity index (χ1v) is 5.75. The van der Waals surface area contributed by atoms with Crippen molar-refractivity contribution in [2.45, 2.75) is 17.9 Å². The molecular weight excluding hydrogens is 236 g/mol. The van der Waals surface area contributed by atoms with Gasteiger partial charge in [-0.05, 0) is 6.42 Å². The van der Waals surface area contributed by atoms with E-state index in [1.165, 1.54) is 25.2 Å². The lowest BCUT2D eigenvalue weighted by Gasteiger charge is -2.01. The van der Waals surface area contributed by atoms with Crippen LogP contribution in [0.4, 0.5) is 0 Å². The molecule has 1 heterocycles. The van der Waals surface area contributed by atoms with Gasteiger partial charge in [0.15, 0.2) is 0 Å². The zero-order valence-corrected chi connectivity index (χ0v) is 9.85. The summed E-state index contributed by atoms with van der Waals surface area (Å²) in [6.07, 6.45) is 4.18. The van der Waals surface area contributed by atoms with E-state index in [-0.39, 0.29) is 5.97 Å². The molecule has 0 saturated carbocycles. The number of carbonyl (C=O) groups is 1. The van der Waals surface area contributed by atoms with E-state index in [1.54, 1.807) is 6.20 Å². The average Bonchev–Trinajstić information content (AvgIpc) is 2.26. The fourth-order valence-corrected chi connectivity index (χ4v) is 1.96. The van der Waals surface area contributed by atoms with Crippen LogP contribution in [-0.4, -0.2) is 28.8 Å². The molecule has 0 unspecified atom stereocenters. The molecule has 0 aliphatic rings. The maximum Gasteiger partial charge on any atom is 0.305 e. The van der Waals surface area contributed by atoms with Crippen LogP contribution >= 0.6 is 23.4 Å². The van der Waals surface area contributed by atoms with E-state index in [9.17, 15) is 4.79 Å². The molecule has 0 spiro atoms. The summed E-state index contributed by atoms with van der Waals surface area (Å²) in [4.78, 5) is 18.6. The van der Waals surface area contributed by atoms with Gasteiger partial charge in [0.2, 0.25) is 0 Å². The van der Waals surface area contributed by atoms with Crippen LogP contribution in [0.2, 0.25) is 5.02 Å². The molecule has 0 N–H and O–H groups in total. The molecule has 6 heteroatoms. The van der Waals surface area contributed by atoms with Crippen molar-refractivity contribution < 1.29 is 9.53 Å². The Bertz CT molecular complexity index is 336. The molecular formula is C9H11ClN2O2S. The lowest BCUT2D eigenvalue weighted by atomic mass is 10.3. The first kappa shape index (κ1) is 12.3. The number of thioether (sulfide) groups is 1. The Labute approximate surface area is 97.4 Å². The summed E-state index contributed by atoms with van der Waals surface area (Å²) in [5, 5.41) is 1.29. The number of halogens is 1. The lowest BCUT2D eigenvalue weighted by molar-refractivity contribution is -0.140. The third-order valence-corrected chi connectivity index (χ3v) is 3.11. The number of methoxy groups -OCH3 is 1. The van der Waals surface area contributed by atoms with Gasteiger partial charge in [0, 0.05) is 12.2 Å². The van der Waals surface area contributed by atoms with Gasteiger partial charge in [0.25, 0.3) is 0 Å². The summed E-state index contributed by atoms with van der Waals surface area (Å²) in [5.41, 5.74) is 0. The molecule has 15 heavy (non-hydrogen) atoms. The van der Waals surface area contributed by atoms with Crippen molar-refractivity contribution in [1.29, 1.82) is 0 Å². The molecule has 4 nitrogen and oxygen atoms in total. The smallest absolute Gasteiger partial charge is 0.305 e. The molecule has 0 aliphatic carbocycles. The first-order valence-electron chi connectivity index (χ1n) is 4.39. The van der Waals surface area contributed by atoms with Crippen LogP contribution in [0.1, 0.15) is 12.8 Å². The highest BCUT2D eigenvalue weighted by atomic mass is 35.5. The summed E-state index contributed by atoms with van der Waals surface area (Å²) < 4.78 is 4.53. The minimum atomic E-state index is -0.190. The molecule has 0 amide bonds. The summed E-state index contributed by atoms with van der Waals surface area (Å²) >= 11 is 7.36. The van der Waals surface area contributed by atoms with Gasteiger partial charge in [-0.1, -0.05) is 11.6 Å². The van der Waals surface area contributed by atoms with Crippen LogP contribution in [-0.2, 0) is 9.53 Å². The molecule has 0 radical (unpaired) electrons. The Balaban J connectivity index is 2.26. The SMILES string of the molecule is COC(=O)CCCSc1ncncc1Cl. The highest BCUT2D eigenvalue weighted by molar-refractivity contribution is 7.99. The number of aromatic nitrogens is 2. The quantitative estimate of drug-likeness (QED) is 0.345. The minimum absolute atomic E-state index is 0.190. The molecule has 0 atom stereocenters. The summed E-state index contributed by atoms with van der Waals surface area (Å²) in [6.45, 7) is 0. The van der Waals surface area contributed by atoms with Crippen molar-refractivity contribution in [2.24, 2.45) is 0 Å². The second-order valence-electron chi connectivity index (χ2n) is 2.70. The average molecular weight is 247 g/mol. The third-order valence-electron chi connectivity index (χ3n) is 1.63. The predicted molar refractivity (Wildman–Crippen MR) is 59.0 cm³/mol. The van der Waals surface area contributed by atoms with Gasteiger partial charge in [-0.3, -0.25) is 4.79 Å². The largest absolute Gasteiger partial charge is 0.469 e. The molecule has 82 valence electrons. The molecule has 1 aromatic heterocycles. The van der Waals surface area contributed by atoms with Crippen molar-refractivity contribution in [3.8, 4) is 0 Å². The maximum absolute atomic E-state index is 10.8. The van der Waals surface area contributed by atoms with Crippen LogP contribution in [0, 0.1) is 0 Å². The summed E-state index contributed by atoms with van der Waals surface area (Å²) in [5.74, 6) is 0.593. The molecule has 1 aromatic rings. The van der Waals surface area contributed by atoms with Gasteiger partial charge in [0.05, 0.1) is 18.3 Å². The van der Waals surface area contributed by atoms with E-state index in [0.717, 1.165) is 17.2 Å². The lowest BCUT2D eigenvalue weighted by Crippen LogP contribution is -2.00. The van der Waals surface area contributed by atoms with Gasteiger partial charge in [-0.25, -0.2) is 9.97 Å². The second-order valence-corrected chi connectivity index (χ2v) is 4.19. The Kier molecular flexibility index (Phi) is 5.42. The van der Waals surface area contributed by atoms with E-state index in [0.29, 0.717) is 11.4 Å². The number of carbonyl (C=O) groups excluding carboxylic acids is 1. The molecule has 0 saturated heterocycles. The number of hydrogen-bond acceptors (Lipinski definition) is 5. The Morgan fingerprint density at radius 1 is 1.67 bits per heavy atom. The standard InChI is InChI=1S/C9H11ClN2O2S/c1-14-8(13)3-2-4-15-9-7(10)5-11-6-12-9/h5-6H,2-4H2,1H3. The normalized spacial score (nSPS) is 10.0. The predicted octanol–water partition coefficient (Wildman–Crippen LogP) is 2.18. The molecule has 0 fully saturated rings. The van der Waals surface area contributed by atoms with E-state index in [1.807, 2.05) is 0 Å². The molecule has 0 bridgehead atoms. The Hall–Kier alpha value is -0.810. The van der Waals surface area contributed by atoms with Gasteiger partial charge in [0.1, 0.15) is 11.4 Å². The highest BCUT2D eigenvalue weighted by Crippen LogP contribution is 2.23. The van der Waals surface area contributed by atoms with Crippen LogP contribution in [0.5, 0.6) is 0 Å². The molecule has 1 rings (SSSR count). The maximum atomic E-state index is 10.8. The molecule has 0 aromatic carbocycles. The van der Waals surface area contributed by atoms with Crippen LogP contribution in [0.3, 0.4) is 0 Å². The van der Waals surface area contributed by atoms with Crippen molar-refractivity contribution in [3.05, 3.63) is 17.5 Å². The number of nitrogens with zero attached hydrogens (tertiary/aromatic N) is 2. The number of hydrogen-bond donors (Lipinski definition) is 0. The van der Waals surface area contributed by atoms with Crippen molar-refractivity contribution >= 4 is 29.3 Å². The van der Waals surface area contributed by atoms with Crippen molar-refractivity contribution in [2.75, 3.05) is 12.9 Å². The number of ether oxygens (including phenoxy) is 1. The van der Waals surface area contributed by atoms with Gasteiger partial charge < -0.3 is 4.74 Å². The van der Waals surface area contributed by atoms with Crippen molar-refractivity contribution in [3.63, 3.8) is 0 Å². The fraction of sp³-hybridized carbons (Fsp3) is 0.444. The van der Waals surface area contributed by atoms with Gasteiger partial charge >= 0.3 is 5.97 Å². The zero-order valence-electron chi connectivity index (χ0n) is 8.27. The van der Waals surface area contributed by atoms with Gasteiger partial charge in [-0.2, -0.15) is 0 Å². The Morgan fingerprint density at radius 3 is 3.13 bits per heavy atom. The third kappa shape index (κ3) is 4.48. The topological polar surface area (TPSA) is 52.1 Å². The zero-order chi connectivity index (χ0) is 11.1. The van der Waals surface area contributed by atoms with Crippen molar-refractivity contribution in [1.82, 2.24) is 9.97 Å².